The Morgan fingerprint density at radius 1 is 1.20 bits per heavy atom. The molecule has 0 radical (unpaired) electrons. The summed E-state index contributed by atoms with van der Waals surface area (Å²) in [6.45, 7) is 1.47. The SMILES string of the molecule is CN(Cc1cccs1)C(=O)Nc1cccc(COCc2ccco2)c1. The van der Waals surface area contributed by atoms with E-state index in [1.807, 2.05) is 53.9 Å². The van der Waals surface area contributed by atoms with Gasteiger partial charge in [-0.2, -0.15) is 0 Å². The zero-order valence-corrected chi connectivity index (χ0v) is 14.8. The molecule has 0 fully saturated rings. The molecule has 0 aliphatic carbocycles. The molecular formula is C19H20N2O3S. The normalized spacial score (nSPS) is 10.6. The van der Waals surface area contributed by atoms with Crippen LogP contribution in [0, 0.1) is 0 Å². The van der Waals surface area contributed by atoms with Crippen LogP contribution in [0.2, 0.25) is 0 Å². The van der Waals surface area contributed by atoms with Gasteiger partial charge in [-0.1, -0.05) is 18.2 Å². The topological polar surface area (TPSA) is 54.7 Å². The van der Waals surface area contributed by atoms with E-state index in [-0.39, 0.29) is 6.03 Å². The Labute approximate surface area is 150 Å². The fraction of sp³-hybridized carbons (Fsp3) is 0.211. The molecule has 0 spiro atoms. The minimum atomic E-state index is -0.137. The largest absolute Gasteiger partial charge is 0.467 e. The molecule has 0 saturated heterocycles. The van der Waals surface area contributed by atoms with Crippen LogP contribution in [-0.4, -0.2) is 18.0 Å². The predicted octanol–water partition coefficient (Wildman–Crippen LogP) is 4.72. The quantitative estimate of drug-likeness (QED) is 0.666. The van der Waals surface area contributed by atoms with E-state index in [9.17, 15) is 4.79 Å². The van der Waals surface area contributed by atoms with E-state index in [1.54, 1.807) is 29.5 Å². The summed E-state index contributed by atoms with van der Waals surface area (Å²) in [5, 5.41) is 4.92. The molecule has 0 aliphatic rings. The second-order valence-electron chi connectivity index (χ2n) is 5.64. The summed E-state index contributed by atoms with van der Waals surface area (Å²) in [6.07, 6.45) is 1.63. The number of ether oxygens (including phenoxy) is 1. The van der Waals surface area contributed by atoms with E-state index in [4.69, 9.17) is 9.15 Å². The molecule has 3 aromatic rings. The Morgan fingerprint density at radius 3 is 2.88 bits per heavy atom. The smallest absolute Gasteiger partial charge is 0.321 e. The average Bonchev–Trinajstić information content (AvgIpc) is 3.29. The summed E-state index contributed by atoms with van der Waals surface area (Å²) in [6, 6.07) is 15.2. The molecule has 0 bridgehead atoms. The second kappa shape index (κ2) is 8.50. The highest BCUT2D eigenvalue weighted by molar-refractivity contribution is 7.09. The van der Waals surface area contributed by atoms with Crippen LogP contribution < -0.4 is 5.32 Å². The number of hydrogen-bond acceptors (Lipinski definition) is 4. The highest BCUT2D eigenvalue weighted by atomic mass is 32.1. The van der Waals surface area contributed by atoms with E-state index in [1.165, 1.54) is 0 Å². The maximum absolute atomic E-state index is 12.3. The van der Waals surface area contributed by atoms with E-state index in [0.717, 1.165) is 21.9 Å². The number of carbonyl (C=O) groups is 1. The summed E-state index contributed by atoms with van der Waals surface area (Å²) in [4.78, 5) is 15.1. The van der Waals surface area contributed by atoms with Gasteiger partial charge < -0.3 is 19.4 Å². The van der Waals surface area contributed by atoms with Gasteiger partial charge in [-0.25, -0.2) is 4.79 Å². The van der Waals surface area contributed by atoms with Crippen molar-refractivity contribution in [2.24, 2.45) is 0 Å². The molecule has 0 unspecified atom stereocenters. The number of carbonyl (C=O) groups excluding carboxylic acids is 1. The van der Waals surface area contributed by atoms with Gasteiger partial charge in [0.25, 0.3) is 0 Å². The first-order chi connectivity index (χ1) is 12.2. The summed E-state index contributed by atoms with van der Waals surface area (Å²) >= 11 is 1.64. The van der Waals surface area contributed by atoms with Crippen molar-refractivity contribution in [2.75, 3.05) is 12.4 Å². The van der Waals surface area contributed by atoms with E-state index >= 15 is 0 Å². The third-order valence-corrected chi connectivity index (χ3v) is 4.45. The van der Waals surface area contributed by atoms with Crippen LogP contribution in [0.15, 0.2) is 64.6 Å². The number of anilines is 1. The molecule has 6 heteroatoms. The number of amides is 2. The van der Waals surface area contributed by atoms with Crippen molar-refractivity contribution < 1.29 is 13.9 Å². The van der Waals surface area contributed by atoms with Crippen LogP contribution in [0.5, 0.6) is 0 Å². The number of hydrogen-bond donors (Lipinski definition) is 1. The Morgan fingerprint density at radius 2 is 2.12 bits per heavy atom. The third-order valence-electron chi connectivity index (χ3n) is 3.59. The van der Waals surface area contributed by atoms with Gasteiger partial charge in [0.2, 0.25) is 0 Å². The van der Waals surface area contributed by atoms with Gasteiger partial charge >= 0.3 is 6.03 Å². The van der Waals surface area contributed by atoms with Crippen molar-refractivity contribution in [3.8, 4) is 0 Å². The monoisotopic (exact) mass is 356 g/mol. The molecule has 0 aliphatic heterocycles. The number of benzene rings is 1. The van der Waals surface area contributed by atoms with Crippen LogP contribution >= 0.6 is 11.3 Å². The maximum atomic E-state index is 12.3. The molecule has 2 amide bonds. The van der Waals surface area contributed by atoms with Gasteiger partial charge in [-0.3, -0.25) is 0 Å². The summed E-state index contributed by atoms with van der Waals surface area (Å²) in [5.74, 6) is 0.791. The van der Waals surface area contributed by atoms with Crippen LogP contribution in [0.3, 0.4) is 0 Å². The summed E-state index contributed by atoms with van der Waals surface area (Å²) in [5.41, 5.74) is 1.74. The molecule has 25 heavy (non-hydrogen) atoms. The number of thiophene rings is 1. The summed E-state index contributed by atoms with van der Waals surface area (Å²) in [7, 11) is 1.78. The van der Waals surface area contributed by atoms with Crippen molar-refractivity contribution in [3.63, 3.8) is 0 Å². The van der Waals surface area contributed by atoms with E-state index in [0.29, 0.717) is 19.8 Å². The highest BCUT2D eigenvalue weighted by Gasteiger charge is 2.10. The van der Waals surface area contributed by atoms with Crippen molar-refractivity contribution in [2.45, 2.75) is 19.8 Å². The average molecular weight is 356 g/mol. The molecule has 5 nitrogen and oxygen atoms in total. The molecule has 130 valence electrons. The van der Waals surface area contributed by atoms with Gasteiger partial charge in [-0.15, -0.1) is 11.3 Å². The lowest BCUT2D eigenvalue weighted by molar-refractivity contribution is 0.0930. The van der Waals surface area contributed by atoms with Crippen molar-refractivity contribution in [1.29, 1.82) is 0 Å². The Bertz CT molecular complexity index is 785. The van der Waals surface area contributed by atoms with Gasteiger partial charge in [-0.05, 0) is 41.3 Å². The Hall–Kier alpha value is -2.57. The number of nitrogens with one attached hydrogen (secondary N) is 1. The first-order valence-electron chi connectivity index (χ1n) is 7.94. The van der Waals surface area contributed by atoms with Crippen molar-refractivity contribution >= 4 is 23.1 Å². The zero-order valence-electron chi connectivity index (χ0n) is 14.0. The number of furan rings is 1. The Balaban J connectivity index is 1.51. The lowest BCUT2D eigenvalue weighted by atomic mass is 10.2. The second-order valence-corrected chi connectivity index (χ2v) is 6.67. The maximum Gasteiger partial charge on any atom is 0.321 e. The molecule has 0 atom stereocenters. The van der Waals surface area contributed by atoms with Crippen molar-refractivity contribution in [3.05, 3.63) is 76.4 Å². The third kappa shape index (κ3) is 5.20. The fourth-order valence-electron chi connectivity index (χ4n) is 2.33. The minimum Gasteiger partial charge on any atom is -0.467 e. The standard InChI is InChI=1S/C19H20N2O3S/c1-21(12-18-8-4-10-25-18)19(22)20-16-6-2-5-15(11-16)13-23-14-17-7-3-9-24-17/h2-11H,12-14H2,1H3,(H,20,22). The van der Waals surface area contributed by atoms with Crippen molar-refractivity contribution in [1.82, 2.24) is 4.90 Å². The van der Waals surface area contributed by atoms with Crippen LogP contribution in [0.25, 0.3) is 0 Å². The molecule has 2 heterocycles. The van der Waals surface area contributed by atoms with Gasteiger partial charge in [0, 0.05) is 17.6 Å². The zero-order chi connectivity index (χ0) is 17.5. The molecular weight excluding hydrogens is 336 g/mol. The first-order valence-corrected chi connectivity index (χ1v) is 8.82. The predicted molar refractivity (Wildman–Crippen MR) is 98.4 cm³/mol. The first kappa shape index (κ1) is 17.3. The molecule has 2 aromatic heterocycles. The number of nitrogens with zero attached hydrogens (tertiary/aromatic N) is 1. The van der Waals surface area contributed by atoms with E-state index < -0.39 is 0 Å². The number of urea groups is 1. The summed E-state index contributed by atoms with van der Waals surface area (Å²) < 4.78 is 10.9. The minimum absolute atomic E-state index is 0.137. The molecule has 1 N–H and O–H groups in total. The lowest BCUT2D eigenvalue weighted by Gasteiger charge is -2.17. The van der Waals surface area contributed by atoms with Gasteiger partial charge in [0.05, 0.1) is 19.4 Å². The van der Waals surface area contributed by atoms with Crippen LogP contribution in [0.4, 0.5) is 10.5 Å². The van der Waals surface area contributed by atoms with Gasteiger partial charge in [0.15, 0.2) is 0 Å². The highest BCUT2D eigenvalue weighted by Crippen LogP contribution is 2.15. The fourth-order valence-corrected chi connectivity index (χ4v) is 3.09. The molecule has 0 saturated carbocycles. The van der Waals surface area contributed by atoms with Crippen LogP contribution in [-0.2, 0) is 24.5 Å². The van der Waals surface area contributed by atoms with Gasteiger partial charge in [0.1, 0.15) is 12.4 Å². The lowest BCUT2D eigenvalue weighted by Crippen LogP contribution is -2.30. The molecule has 3 rings (SSSR count). The Kier molecular flexibility index (Phi) is 5.87. The molecule has 1 aromatic carbocycles. The van der Waals surface area contributed by atoms with E-state index in [2.05, 4.69) is 5.32 Å². The van der Waals surface area contributed by atoms with Crippen LogP contribution in [0.1, 0.15) is 16.2 Å². The number of rotatable bonds is 7.